The standard InChI is InChI=1S/C23H21NO3/c1-27-23(26)20-10-4-8-18(14-20)12-13-19-9-5-11-21(15-19)24-22(25)16-17-6-2-3-7-17/h2,4-6,8-11,14-15,17H,3,7,16H2,1H3,(H,24,25). The van der Waals surface area contributed by atoms with Gasteiger partial charge >= 0.3 is 5.97 Å². The minimum absolute atomic E-state index is 0.0161. The SMILES string of the molecule is COC(=O)c1cccc(C#Cc2cccc(NC(=O)CC3C=CCC3)c2)c1. The van der Waals surface area contributed by atoms with Crippen LogP contribution in [0.25, 0.3) is 0 Å². The first-order valence-corrected chi connectivity index (χ1v) is 8.91. The molecule has 0 saturated carbocycles. The molecule has 4 nitrogen and oxygen atoms in total. The predicted molar refractivity (Wildman–Crippen MR) is 105 cm³/mol. The van der Waals surface area contributed by atoms with Crippen molar-refractivity contribution in [3.8, 4) is 11.8 Å². The Bertz CT molecular complexity index is 934. The summed E-state index contributed by atoms with van der Waals surface area (Å²) in [5.41, 5.74) is 2.71. The number of allylic oxidation sites excluding steroid dienone is 2. The highest BCUT2D eigenvalue weighted by Gasteiger charge is 2.14. The number of carbonyl (C=O) groups is 2. The number of amides is 1. The van der Waals surface area contributed by atoms with Crippen molar-refractivity contribution >= 4 is 17.6 Å². The van der Waals surface area contributed by atoms with E-state index < -0.39 is 0 Å². The molecule has 27 heavy (non-hydrogen) atoms. The topological polar surface area (TPSA) is 55.4 Å². The summed E-state index contributed by atoms with van der Waals surface area (Å²) in [5.74, 6) is 6.08. The zero-order valence-electron chi connectivity index (χ0n) is 15.2. The van der Waals surface area contributed by atoms with Gasteiger partial charge in [-0.15, -0.1) is 0 Å². The molecular weight excluding hydrogens is 338 g/mol. The van der Waals surface area contributed by atoms with E-state index in [1.807, 2.05) is 30.3 Å². The number of nitrogens with one attached hydrogen (secondary N) is 1. The summed E-state index contributed by atoms with van der Waals surface area (Å²) in [7, 11) is 1.35. The molecule has 4 heteroatoms. The van der Waals surface area contributed by atoms with Crippen LogP contribution in [0.15, 0.2) is 60.7 Å². The van der Waals surface area contributed by atoms with Crippen molar-refractivity contribution in [2.75, 3.05) is 12.4 Å². The Labute approximate surface area is 159 Å². The van der Waals surface area contributed by atoms with Crippen molar-refractivity contribution in [3.63, 3.8) is 0 Å². The summed E-state index contributed by atoms with van der Waals surface area (Å²) in [6.07, 6.45) is 6.85. The van der Waals surface area contributed by atoms with E-state index in [9.17, 15) is 9.59 Å². The summed E-state index contributed by atoms with van der Waals surface area (Å²) < 4.78 is 4.72. The highest BCUT2D eigenvalue weighted by molar-refractivity contribution is 5.91. The molecule has 1 amide bonds. The van der Waals surface area contributed by atoms with Gasteiger partial charge in [-0.3, -0.25) is 4.79 Å². The minimum atomic E-state index is -0.388. The summed E-state index contributed by atoms with van der Waals surface area (Å²) >= 11 is 0. The van der Waals surface area contributed by atoms with Gasteiger partial charge in [-0.05, 0) is 55.2 Å². The van der Waals surface area contributed by atoms with Gasteiger partial charge in [0.2, 0.25) is 5.91 Å². The van der Waals surface area contributed by atoms with E-state index in [1.165, 1.54) is 7.11 Å². The number of rotatable bonds is 4. The molecule has 0 saturated heterocycles. The fourth-order valence-corrected chi connectivity index (χ4v) is 2.98. The van der Waals surface area contributed by atoms with Crippen LogP contribution >= 0.6 is 0 Å². The Morgan fingerprint density at radius 2 is 1.85 bits per heavy atom. The van der Waals surface area contributed by atoms with Gasteiger partial charge < -0.3 is 10.1 Å². The quantitative estimate of drug-likeness (QED) is 0.506. The van der Waals surface area contributed by atoms with Crippen molar-refractivity contribution in [2.45, 2.75) is 19.3 Å². The Hall–Kier alpha value is -3.32. The average molecular weight is 359 g/mol. The van der Waals surface area contributed by atoms with Crippen LogP contribution in [-0.2, 0) is 9.53 Å². The normalized spacial score (nSPS) is 14.9. The van der Waals surface area contributed by atoms with Crippen LogP contribution in [0.3, 0.4) is 0 Å². The molecule has 1 N–H and O–H groups in total. The van der Waals surface area contributed by atoms with E-state index in [0.717, 1.165) is 29.7 Å². The third-order valence-electron chi connectivity index (χ3n) is 4.34. The largest absolute Gasteiger partial charge is 0.465 e. The van der Waals surface area contributed by atoms with E-state index in [2.05, 4.69) is 29.3 Å². The van der Waals surface area contributed by atoms with Crippen LogP contribution in [0.2, 0.25) is 0 Å². The number of carbonyl (C=O) groups excluding carboxylic acids is 2. The van der Waals surface area contributed by atoms with Crippen molar-refractivity contribution in [2.24, 2.45) is 5.92 Å². The molecule has 1 atom stereocenters. The number of hydrogen-bond donors (Lipinski definition) is 1. The van der Waals surface area contributed by atoms with E-state index in [-0.39, 0.29) is 11.9 Å². The first-order chi connectivity index (χ1) is 13.1. The number of benzene rings is 2. The Morgan fingerprint density at radius 3 is 2.56 bits per heavy atom. The minimum Gasteiger partial charge on any atom is -0.465 e. The molecule has 0 radical (unpaired) electrons. The Kier molecular flexibility index (Phi) is 6.06. The molecule has 0 heterocycles. The average Bonchev–Trinajstić information content (AvgIpc) is 3.19. The summed E-state index contributed by atoms with van der Waals surface area (Å²) in [4.78, 5) is 23.8. The van der Waals surface area contributed by atoms with E-state index in [4.69, 9.17) is 4.74 Å². The fourth-order valence-electron chi connectivity index (χ4n) is 2.98. The van der Waals surface area contributed by atoms with Gasteiger partial charge in [0.05, 0.1) is 12.7 Å². The van der Waals surface area contributed by atoms with Gasteiger partial charge in [0.25, 0.3) is 0 Å². The number of hydrogen-bond acceptors (Lipinski definition) is 3. The Morgan fingerprint density at radius 1 is 1.11 bits per heavy atom. The number of ether oxygens (including phenoxy) is 1. The predicted octanol–water partition coefficient (Wildman–Crippen LogP) is 4.17. The number of esters is 1. The first-order valence-electron chi connectivity index (χ1n) is 8.91. The molecular formula is C23H21NO3. The highest BCUT2D eigenvalue weighted by Crippen LogP contribution is 2.21. The lowest BCUT2D eigenvalue weighted by Gasteiger charge is -2.09. The van der Waals surface area contributed by atoms with Crippen LogP contribution in [0.1, 0.15) is 40.7 Å². The molecule has 0 aliphatic heterocycles. The number of anilines is 1. The van der Waals surface area contributed by atoms with E-state index in [0.29, 0.717) is 17.9 Å². The molecule has 2 aromatic carbocycles. The molecule has 1 aliphatic rings. The van der Waals surface area contributed by atoms with Gasteiger partial charge in [-0.1, -0.05) is 36.1 Å². The van der Waals surface area contributed by atoms with Gasteiger partial charge in [-0.2, -0.15) is 0 Å². The number of methoxy groups -OCH3 is 1. The second kappa shape index (κ2) is 8.86. The molecule has 1 aliphatic carbocycles. The molecule has 1 unspecified atom stereocenters. The molecule has 136 valence electrons. The van der Waals surface area contributed by atoms with Crippen LogP contribution in [0.5, 0.6) is 0 Å². The Balaban J connectivity index is 1.67. The summed E-state index contributed by atoms with van der Waals surface area (Å²) in [6.45, 7) is 0. The second-order valence-corrected chi connectivity index (χ2v) is 6.42. The van der Waals surface area contributed by atoms with Crippen molar-refractivity contribution in [1.29, 1.82) is 0 Å². The lowest BCUT2D eigenvalue weighted by Crippen LogP contribution is -2.14. The van der Waals surface area contributed by atoms with Gasteiger partial charge in [0, 0.05) is 23.2 Å². The smallest absolute Gasteiger partial charge is 0.337 e. The zero-order chi connectivity index (χ0) is 19.1. The van der Waals surface area contributed by atoms with Crippen molar-refractivity contribution < 1.29 is 14.3 Å². The van der Waals surface area contributed by atoms with E-state index >= 15 is 0 Å². The van der Waals surface area contributed by atoms with Crippen molar-refractivity contribution in [1.82, 2.24) is 0 Å². The first kappa shape index (κ1) is 18.5. The third-order valence-corrected chi connectivity index (χ3v) is 4.34. The van der Waals surface area contributed by atoms with Crippen LogP contribution in [0, 0.1) is 17.8 Å². The van der Waals surface area contributed by atoms with Crippen LogP contribution < -0.4 is 5.32 Å². The second-order valence-electron chi connectivity index (χ2n) is 6.42. The maximum Gasteiger partial charge on any atom is 0.337 e. The maximum atomic E-state index is 12.2. The van der Waals surface area contributed by atoms with Gasteiger partial charge in [0.15, 0.2) is 0 Å². The zero-order valence-corrected chi connectivity index (χ0v) is 15.2. The lowest BCUT2D eigenvalue weighted by atomic mass is 10.0. The summed E-state index contributed by atoms with van der Waals surface area (Å²) in [5, 5.41) is 2.94. The highest BCUT2D eigenvalue weighted by atomic mass is 16.5. The molecule has 3 rings (SSSR count). The molecule has 0 aromatic heterocycles. The monoisotopic (exact) mass is 359 g/mol. The van der Waals surface area contributed by atoms with Crippen LogP contribution in [-0.4, -0.2) is 19.0 Å². The fraction of sp³-hybridized carbons (Fsp3) is 0.217. The summed E-state index contributed by atoms with van der Waals surface area (Å²) in [6, 6.07) is 14.4. The molecule has 0 fully saturated rings. The van der Waals surface area contributed by atoms with Gasteiger partial charge in [0.1, 0.15) is 0 Å². The van der Waals surface area contributed by atoms with Crippen LogP contribution in [0.4, 0.5) is 5.69 Å². The lowest BCUT2D eigenvalue weighted by molar-refractivity contribution is -0.116. The molecule has 0 bridgehead atoms. The maximum absolute atomic E-state index is 12.2. The molecule has 0 spiro atoms. The van der Waals surface area contributed by atoms with Crippen molar-refractivity contribution in [3.05, 3.63) is 77.4 Å². The third kappa shape index (κ3) is 5.32. The van der Waals surface area contributed by atoms with Gasteiger partial charge in [-0.25, -0.2) is 4.79 Å². The molecule has 2 aromatic rings. The van der Waals surface area contributed by atoms with E-state index in [1.54, 1.807) is 18.2 Å².